The van der Waals surface area contributed by atoms with Crippen molar-refractivity contribution in [2.45, 2.75) is 71.1 Å². The Hall–Kier alpha value is -2.17. The number of carbonyl (C=O) groups excluding carboxylic acids is 1. The van der Waals surface area contributed by atoms with Crippen LogP contribution in [-0.2, 0) is 22.6 Å². The van der Waals surface area contributed by atoms with Crippen LogP contribution in [0.3, 0.4) is 0 Å². The molecule has 2 saturated heterocycles. The molecule has 0 saturated carbocycles. The molecule has 1 atom stereocenters. The quantitative estimate of drug-likeness (QED) is 0.592. The predicted octanol–water partition coefficient (Wildman–Crippen LogP) is 4.91. The van der Waals surface area contributed by atoms with Gasteiger partial charge in [0.05, 0.1) is 13.2 Å². The maximum atomic E-state index is 12.8. The van der Waals surface area contributed by atoms with Crippen molar-refractivity contribution in [1.29, 1.82) is 0 Å². The third-order valence-electron chi connectivity index (χ3n) is 7.33. The van der Waals surface area contributed by atoms with Crippen LogP contribution in [-0.4, -0.2) is 54.0 Å². The fourth-order valence-corrected chi connectivity index (χ4v) is 5.22. The molecule has 2 aromatic carbocycles. The minimum absolute atomic E-state index is 0.311. The van der Waals surface area contributed by atoms with E-state index in [1.807, 2.05) is 6.07 Å². The molecule has 2 fully saturated rings. The number of carbonyl (C=O) groups is 1. The second-order valence-corrected chi connectivity index (χ2v) is 9.57. The monoisotopic (exact) mass is 434 g/mol. The summed E-state index contributed by atoms with van der Waals surface area (Å²) in [5.74, 6) is 0.311. The molecule has 4 nitrogen and oxygen atoms in total. The van der Waals surface area contributed by atoms with Crippen LogP contribution in [0.2, 0.25) is 0 Å². The van der Waals surface area contributed by atoms with Gasteiger partial charge in [0.25, 0.3) is 0 Å². The number of aryl methyl sites for hydroxylation is 3. The number of hydrogen-bond donors (Lipinski definition) is 0. The Balaban J connectivity index is 1.20. The van der Waals surface area contributed by atoms with E-state index in [9.17, 15) is 4.79 Å². The van der Waals surface area contributed by atoms with E-state index in [1.54, 1.807) is 0 Å². The van der Waals surface area contributed by atoms with Crippen LogP contribution in [0.25, 0.3) is 0 Å². The van der Waals surface area contributed by atoms with Crippen molar-refractivity contribution in [3.63, 3.8) is 0 Å². The number of hydrogen-bond acceptors (Lipinski definition) is 3. The van der Waals surface area contributed by atoms with E-state index < -0.39 is 0 Å². The fourth-order valence-electron chi connectivity index (χ4n) is 5.22. The second-order valence-electron chi connectivity index (χ2n) is 9.57. The SMILES string of the molecule is Cc1ccc(CCC(=O)N2CCC(N3CCC[C@H]3COCc3ccccc3)CC2)cc1C. The van der Waals surface area contributed by atoms with Gasteiger partial charge in [-0.1, -0.05) is 48.5 Å². The Morgan fingerprint density at radius 3 is 2.47 bits per heavy atom. The molecular formula is C28H38N2O2. The van der Waals surface area contributed by atoms with Crippen LogP contribution < -0.4 is 0 Å². The van der Waals surface area contributed by atoms with Crippen LogP contribution in [0.1, 0.15) is 54.4 Å². The van der Waals surface area contributed by atoms with E-state index in [2.05, 4.69) is 66.1 Å². The lowest BCUT2D eigenvalue weighted by atomic mass is 10.0. The van der Waals surface area contributed by atoms with Gasteiger partial charge in [0.2, 0.25) is 5.91 Å². The second kappa shape index (κ2) is 11.1. The van der Waals surface area contributed by atoms with E-state index in [0.717, 1.165) is 39.0 Å². The number of piperidine rings is 1. The molecule has 2 aromatic rings. The van der Waals surface area contributed by atoms with E-state index in [-0.39, 0.29) is 0 Å². The first-order chi connectivity index (χ1) is 15.6. The predicted molar refractivity (Wildman–Crippen MR) is 130 cm³/mol. The number of rotatable bonds is 8. The first-order valence-electron chi connectivity index (χ1n) is 12.3. The lowest BCUT2D eigenvalue weighted by Crippen LogP contribution is -2.49. The smallest absolute Gasteiger partial charge is 0.222 e. The molecule has 0 aromatic heterocycles. The summed E-state index contributed by atoms with van der Waals surface area (Å²) in [5, 5.41) is 0. The minimum atomic E-state index is 0.311. The van der Waals surface area contributed by atoms with Gasteiger partial charge in [-0.2, -0.15) is 0 Å². The number of benzene rings is 2. The lowest BCUT2D eigenvalue weighted by molar-refractivity contribution is -0.132. The Morgan fingerprint density at radius 1 is 0.938 bits per heavy atom. The van der Waals surface area contributed by atoms with Crippen molar-refractivity contribution in [3.05, 3.63) is 70.8 Å². The van der Waals surface area contributed by atoms with Gasteiger partial charge in [0.1, 0.15) is 0 Å². The Morgan fingerprint density at radius 2 is 1.72 bits per heavy atom. The van der Waals surface area contributed by atoms with Crippen molar-refractivity contribution in [2.75, 3.05) is 26.2 Å². The maximum Gasteiger partial charge on any atom is 0.222 e. The van der Waals surface area contributed by atoms with Gasteiger partial charge in [0.15, 0.2) is 0 Å². The molecule has 32 heavy (non-hydrogen) atoms. The first kappa shape index (κ1) is 23.0. The van der Waals surface area contributed by atoms with Crippen molar-refractivity contribution < 1.29 is 9.53 Å². The van der Waals surface area contributed by atoms with E-state index in [0.29, 0.717) is 31.0 Å². The summed E-state index contributed by atoms with van der Waals surface area (Å²) in [6, 6.07) is 18.1. The zero-order valence-electron chi connectivity index (χ0n) is 19.8. The molecule has 0 bridgehead atoms. The fraction of sp³-hybridized carbons (Fsp3) is 0.536. The van der Waals surface area contributed by atoms with E-state index in [4.69, 9.17) is 4.74 Å². The molecular weight excluding hydrogens is 396 g/mol. The van der Waals surface area contributed by atoms with Crippen molar-refractivity contribution in [1.82, 2.24) is 9.80 Å². The molecule has 4 heteroatoms. The summed E-state index contributed by atoms with van der Waals surface area (Å²) >= 11 is 0. The van der Waals surface area contributed by atoms with Gasteiger partial charge in [0, 0.05) is 31.6 Å². The average molecular weight is 435 g/mol. The summed E-state index contributed by atoms with van der Waals surface area (Å²) in [4.78, 5) is 17.5. The third-order valence-corrected chi connectivity index (χ3v) is 7.33. The standard InChI is InChI=1S/C28H38N2O2/c1-22-10-11-24(19-23(22)2)12-13-28(31)29-17-14-26(15-18-29)30-16-6-9-27(30)21-32-20-25-7-4-3-5-8-25/h3-5,7-8,10-11,19,26-27H,6,9,12-18,20-21H2,1-2H3/t27-/m0/s1. The minimum Gasteiger partial charge on any atom is -0.375 e. The van der Waals surface area contributed by atoms with Crippen LogP contribution in [0.4, 0.5) is 0 Å². The Bertz CT molecular complexity index is 874. The number of amides is 1. The average Bonchev–Trinajstić information content (AvgIpc) is 3.29. The van der Waals surface area contributed by atoms with Crippen molar-refractivity contribution in [2.24, 2.45) is 0 Å². The summed E-state index contributed by atoms with van der Waals surface area (Å²) < 4.78 is 6.07. The number of nitrogens with zero attached hydrogens (tertiary/aromatic N) is 2. The van der Waals surface area contributed by atoms with Gasteiger partial charge in [-0.3, -0.25) is 9.69 Å². The highest BCUT2D eigenvalue weighted by Gasteiger charge is 2.33. The van der Waals surface area contributed by atoms with Gasteiger partial charge in [-0.05, 0) is 74.8 Å². The largest absolute Gasteiger partial charge is 0.375 e. The zero-order valence-corrected chi connectivity index (χ0v) is 19.8. The molecule has 172 valence electrons. The van der Waals surface area contributed by atoms with E-state index >= 15 is 0 Å². The molecule has 0 aliphatic carbocycles. The zero-order chi connectivity index (χ0) is 22.3. The molecule has 0 spiro atoms. The highest BCUT2D eigenvalue weighted by molar-refractivity contribution is 5.76. The maximum absolute atomic E-state index is 12.8. The van der Waals surface area contributed by atoms with E-state index in [1.165, 1.54) is 41.6 Å². The summed E-state index contributed by atoms with van der Waals surface area (Å²) in [6.07, 6.45) is 6.12. The lowest BCUT2D eigenvalue weighted by Gasteiger charge is -2.39. The highest BCUT2D eigenvalue weighted by atomic mass is 16.5. The van der Waals surface area contributed by atoms with Gasteiger partial charge in [-0.15, -0.1) is 0 Å². The van der Waals surface area contributed by atoms with Crippen molar-refractivity contribution >= 4 is 5.91 Å². The Kier molecular flexibility index (Phi) is 7.99. The van der Waals surface area contributed by atoms with Crippen LogP contribution in [0, 0.1) is 13.8 Å². The third kappa shape index (κ3) is 5.99. The normalized spacial score (nSPS) is 20.1. The van der Waals surface area contributed by atoms with Gasteiger partial charge < -0.3 is 9.64 Å². The van der Waals surface area contributed by atoms with Crippen LogP contribution >= 0.6 is 0 Å². The molecule has 2 aliphatic rings. The molecule has 0 N–H and O–H groups in total. The van der Waals surface area contributed by atoms with Crippen molar-refractivity contribution in [3.8, 4) is 0 Å². The molecule has 2 heterocycles. The highest BCUT2D eigenvalue weighted by Crippen LogP contribution is 2.27. The van der Waals surface area contributed by atoms with Gasteiger partial charge in [-0.25, -0.2) is 0 Å². The molecule has 0 radical (unpaired) electrons. The molecule has 4 rings (SSSR count). The Labute approximate surface area is 193 Å². The molecule has 0 unspecified atom stereocenters. The first-order valence-corrected chi connectivity index (χ1v) is 12.3. The van der Waals surface area contributed by atoms with Crippen LogP contribution in [0.5, 0.6) is 0 Å². The summed E-state index contributed by atoms with van der Waals surface area (Å²) in [7, 11) is 0. The topological polar surface area (TPSA) is 32.8 Å². The number of likely N-dealkylation sites (tertiary alicyclic amines) is 2. The summed E-state index contributed by atoms with van der Waals surface area (Å²) in [6.45, 7) is 8.74. The summed E-state index contributed by atoms with van der Waals surface area (Å²) in [5.41, 5.74) is 5.13. The van der Waals surface area contributed by atoms with Crippen LogP contribution in [0.15, 0.2) is 48.5 Å². The molecule has 1 amide bonds. The van der Waals surface area contributed by atoms with Gasteiger partial charge >= 0.3 is 0 Å². The number of ether oxygens (including phenoxy) is 1. The molecule has 2 aliphatic heterocycles.